The monoisotopic (exact) mass is 329 g/mol. The van der Waals surface area contributed by atoms with Crippen molar-refractivity contribution in [1.82, 2.24) is 9.71 Å². The quantitative estimate of drug-likeness (QED) is 0.629. The van der Waals surface area contributed by atoms with Crippen LogP contribution in [0.4, 0.5) is 5.69 Å². The minimum Gasteiger partial charge on any atom is -0.315 e. The van der Waals surface area contributed by atoms with Crippen molar-refractivity contribution in [2.45, 2.75) is 17.7 Å². The lowest BCUT2D eigenvalue weighted by molar-refractivity contribution is -0.384. The largest absolute Gasteiger partial charge is 0.315 e. The zero-order chi connectivity index (χ0) is 15.6. The molecule has 0 bridgehead atoms. The fourth-order valence-electron chi connectivity index (χ4n) is 1.67. The molecule has 0 spiro atoms. The Labute approximate surface area is 123 Å². The average Bonchev–Trinajstić information content (AvgIpc) is 2.77. The third-order valence-corrected chi connectivity index (χ3v) is 5.62. The minimum atomic E-state index is -3.83. The Hall–Kier alpha value is -2.04. The fraction of sp³-hybridized carbons (Fsp3) is 0.182. The molecule has 0 atom stereocenters. The fourth-order valence-corrected chi connectivity index (χ4v) is 4.03. The molecule has 0 aliphatic rings. The topological polar surface area (TPSA) is 122 Å². The Morgan fingerprint density at radius 2 is 2.14 bits per heavy atom. The predicted octanol–water partition coefficient (Wildman–Crippen LogP) is 1.13. The molecule has 0 fully saturated rings. The average molecular weight is 329 g/mol. The van der Waals surface area contributed by atoms with Crippen LogP contribution in [-0.2, 0) is 16.6 Å². The smallest absolute Gasteiger partial charge is 0.305 e. The van der Waals surface area contributed by atoms with Crippen LogP contribution in [0.5, 0.6) is 0 Å². The zero-order valence-corrected chi connectivity index (χ0v) is 12.5. The molecule has 2 N–H and O–H groups in total. The molecule has 1 aromatic heterocycles. The molecule has 0 aliphatic heterocycles. The summed E-state index contributed by atoms with van der Waals surface area (Å²) in [5.41, 5.74) is 0.596. The van der Waals surface area contributed by atoms with Crippen LogP contribution in [-0.4, -0.2) is 18.3 Å². The molecule has 112 valence electrons. The number of nitrogens with one attached hydrogen (secondary N) is 2. The van der Waals surface area contributed by atoms with Crippen LogP contribution in [0.2, 0.25) is 0 Å². The van der Waals surface area contributed by atoms with Gasteiger partial charge < -0.3 is 4.98 Å². The first-order chi connectivity index (χ1) is 9.79. The van der Waals surface area contributed by atoms with Crippen LogP contribution in [0, 0.1) is 17.0 Å². The lowest BCUT2D eigenvalue weighted by Gasteiger charge is -2.05. The molecule has 2 aromatic rings. The van der Waals surface area contributed by atoms with E-state index in [-0.39, 0.29) is 22.1 Å². The van der Waals surface area contributed by atoms with Crippen LogP contribution < -0.4 is 9.60 Å². The highest BCUT2D eigenvalue weighted by molar-refractivity contribution is 7.91. The molecular formula is C11H11N3O5S2. The molecule has 0 amide bonds. The molecule has 1 aromatic carbocycles. The maximum Gasteiger partial charge on any atom is 0.305 e. The van der Waals surface area contributed by atoms with E-state index in [0.29, 0.717) is 16.9 Å². The van der Waals surface area contributed by atoms with Crippen LogP contribution in [0.15, 0.2) is 33.3 Å². The summed E-state index contributed by atoms with van der Waals surface area (Å²) >= 11 is 0.595. The van der Waals surface area contributed by atoms with E-state index in [0.717, 1.165) is 0 Å². The summed E-state index contributed by atoms with van der Waals surface area (Å²) in [6.45, 7) is 1.38. The van der Waals surface area contributed by atoms with E-state index in [9.17, 15) is 23.3 Å². The predicted molar refractivity (Wildman–Crippen MR) is 76.8 cm³/mol. The van der Waals surface area contributed by atoms with E-state index in [4.69, 9.17) is 0 Å². The number of sulfonamides is 1. The normalized spacial score (nSPS) is 11.5. The van der Waals surface area contributed by atoms with Gasteiger partial charge in [-0.3, -0.25) is 14.9 Å². The summed E-state index contributed by atoms with van der Waals surface area (Å²) in [5.74, 6) is 0. The summed E-state index contributed by atoms with van der Waals surface area (Å²) in [6.07, 6.45) is 0. The third-order valence-electron chi connectivity index (χ3n) is 2.61. The van der Waals surface area contributed by atoms with Gasteiger partial charge in [-0.05, 0) is 12.5 Å². The molecule has 21 heavy (non-hydrogen) atoms. The molecule has 1 heterocycles. The van der Waals surface area contributed by atoms with Crippen LogP contribution >= 0.6 is 11.3 Å². The number of hydrogen-bond acceptors (Lipinski definition) is 6. The van der Waals surface area contributed by atoms with Gasteiger partial charge in [-0.25, -0.2) is 13.1 Å². The van der Waals surface area contributed by atoms with Crippen molar-refractivity contribution in [3.8, 4) is 0 Å². The number of nitrogens with zero attached hydrogens (tertiary/aromatic N) is 1. The number of aryl methyl sites for hydroxylation is 1. The number of nitro benzene ring substituents is 1. The van der Waals surface area contributed by atoms with Gasteiger partial charge in [0.05, 0.1) is 4.92 Å². The number of aromatic nitrogens is 1. The Morgan fingerprint density at radius 3 is 2.71 bits per heavy atom. The first-order valence-corrected chi connectivity index (χ1v) is 8.02. The van der Waals surface area contributed by atoms with Crippen LogP contribution in [0.25, 0.3) is 0 Å². The molecule has 2 rings (SSSR count). The molecule has 8 nitrogen and oxygen atoms in total. The number of non-ortho nitro benzene ring substituents is 1. The summed E-state index contributed by atoms with van der Waals surface area (Å²) in [5, 5.41) is 10.7. The molecule has 0 saturated carbocycles. The Morgan fingerprint density at radius 1 is 1.43 bits per heavy atom. The van der Waals surface area contributed by atoms with Crippen molar-refractivity contribution in [2.75, 3.05) is 0 Å². The maximum atomic E-state index is 12.1. The number of hydrogen-bond donors (Lipinski definition) is 2. The van der Waals surface area contributed by atoms with Gasteiger partial charge in [-0.1, -0.05) is 23.5 Å². The number of nitro groups is 1. The second-order valence-electron chi connectivity index (χ2n) is 4.18. The van der Waals surface area contributed by atoms with Crippen molar-refractivity contribution >= 4 is 27.0 Å². The second kappa shape index (κ2) is 5.76. The van der Waals surface area contributed by atoms with Gasteiger partial charge in [0.25, 0.3) is 15.7 Å². The lowest BCUT2D eigenvalue weighted by Crippen LogP contribution is -2.23. The van der Waals surface area contributed by atoms with E-state index < -0.39 is 19.8 Å². The second-order valence-corrected chi connectivity index (χ2v) is 7.12. The van der Waals surface area contributed by atoms with Crippen LogP contribution in [0.3, 0.4) is 0 Å². The highest BCUT2D eigenvalue weighted by Gasteiger charge is 2.20. The SMILES string of the molecule is Cc1[nH]c(=O)sc1S(=O)(=O)NCc1cccc([N+](=O)[O-])c1. The standard InChI is InChI=1S/C11H11N3O5S2/c1-7-10(20-11(15)13-7)21(18,19)12-6-8-3-2-4-9(5-8)14(16)17/h2-5,12H,6H2,1H3,(H,13,15). The number of aromatic amines is 1. The van der Waals surface area contributed by atoms with Gasteiger partial charge in [0.1, 0.15) is 0 Å². The maximum absolute atomic E-state index is 12.1. The van der Waals surface area contributed by atoms with Crippen molar-refractivity contribution in [3.05, 3.63) is 55.3 Å². The highest BCUT2D eigenvalue weighted by Crippen LogP contribution is 2.17. The van der Waals surface area contributed by atoms with E-state index in [1.54, 1.807) is 6.07 Å². The summed E-state index contributed by atoms with van der Waals surface area (Å²) in [7, 11) is -3.83. The van der Waals surface area contributed by atoms with E-state index >= 15 is 0 Å². The van der Waals surface area contributed by atoms with Gasteiger partial charge in [-0.2, -0.15) is 0 Å². The molecule has 0 aliphatic carbocycles. The van der Waals surface area contributed by atoms with Crippen molar-refractivity contribution in [2.24, 2.45) is 0 Å². The summed E-state index contributed by atoms with van der Waals surface area (Å²) in [6, 6.07) is 5.65. The lowest BCUT2D eigenvalue weighted by atomic mass is 10.2. The Bertz CT molecular complexity index is 838. The van der Waals surface area contributed by atoms with Gasteiger partial charge in [0.2, 0.25) is 0 Å². The van der Waals surface area contributed by atoms with Crippen molar-refractivity contribution in [1.29, 1.82) is 0 Å². The molecular weight excluding hydrogens is 318 g/mol. The molecule has 0 saturated heterocycles. The summed E-state index contributed by atoms with van der Waals surface area (Å²) in [4.78, 5) is 23.2. The summed E-state index contributed by atoms with van der Waals surface area (Å²) < 4.78 is 26.4. The van der Waals surface area contributed by atoms with Gasteiger partial charge >= 0.3 is 4.87 Å². The van der Waals surface area contributed by atoms with E-state index in [1.807, 2.05) is 0 Å². The number of rotatable bonds is 5. The van der Waals surface area contributed by atoms with Crippen LogP contribution in [0.1, 0.15) is 11.3 Å². The highest BCUT2D eigenvalue weighted by atomic mass is 32.2. The number of thiazole rings is 1. The Kier molecular flexibility index (Phi) is 4.21. The van der Waals surface area contributed by atoms with Gasteiger partial charge in [0, 0.05) is 24.4 Å². The third kappa shape index (κ3) is 3.54. The zero-order valence-electron chi connectivity index (χ0n) is 10.8. The van der Waals surface area contributed by atoms with Gasteiger partial charge in [-0.15, -0.1) is 0 Å². The van der Waals surface area contributed by atoms with E-state index in [1.165, 1.54) is 25.1 Å². The first kappa shape index (κ1) is 15.4. The Balaban J connectivity index is 2.19. The van der Waals surface area contributed by atoms with Crippen molar-refractivity contribution < 1.29 is 13.3 Å². The first-order valence-electron chi connectivity index (χ1n) is 5.72. The minimum absolute atomic E-state index is 0.0852. The van der Waals surface area contributed by atoms with Gasteiger partial charge in [0.15, 0.2) is 4.21 Å². The molecule has 0 unspecified atom stereocenters. The number of benzene rings is 1. The molecule has 0 radical (unpaired) electrons. The molecule has 10 heteroatoms. The van der Waals surface area contributed by atoms with E-state index in [2.05, 4.69) is 9.71 Å². The van der Waals surface area contributed by atoms with Crippen molar-refractivity contribution in [3.63, 3.8) is 0 Å². The number of H-pyrrole nitrogens is 1.